The van der Waals surface area contributed by atoms with E-state index in [9.17, 15) is 4.79 Å². The van der Waals surface area contributed by atoms with Crippen LogP contribution in [0.4, 0.5) is 0 Å². The molecule has 84 valence electrons. The van der Waals surface area contributed by atoms with Crippen molar-refractivity contribution in [3.63, 3.8) is 0 Å². The Bertz CT molecular complexity index is 139. The third-order valence-corrected chi connectivity index (χ3v) is 2.01. The van der Waals surface area contributed by atoms with E-state index in [-0.39, 0.29) is 5.97 Å². The first-order chi connectivity index (χ1) is 6.81. The number of hydrogen-bond acceptors (Lipinski definition) is 4. The van der Waals surface area contributed by atoms with Crippen molar-refractivity contribution in [2.75, 3.05) is 25.6 Å². The molecule has 0 unspecified atom stereocenters. The predicted molar refractivity (Wildman–Crippen MR) is 59.8 cm³/mol. The van der Waals surface area contributed by atoms with Crippen LogP contribution in [0.25, 0.3) is 0 Å². The zero-order chi connectivity index (χ0) is 10.6. The molecular formula is C10H20O3S. The second-order valence-electron chi connectivity index (χ2n) is 2.95. The smallest absolute Gasteiger partial charge is 0.305 e. The molecule has 0 amide bonds. The van der Waals surface area contributed by atoms with Gasteiger partial charge in [0.05, 0.1) is 6.61 Å². The van der Waals surface area contributed by atoms with Gasteiger partial charge in [-0.25, -0.2) is 0 Å². The van der Waals surface area contributed by atoms with Crippen LogP contribution in [0.15, 0.2) is 0 Å². The van der Waals surface area contributed by atoms with Gasteiger partial charge in [0.15, 0.2) is 0 Å². The van der Waals surface area contributed by atoms with E-state index in [4.69, 9.17) is 9.47 Å². The van der Waals surface area contributed by atoms with Crippen molar-refractivity contribution in [3.8, 4) is 0 Å². The molecule has 0 aromatic rings. The van der Waals surface area contributed by atoms with Crippen molar-refractivity contribution in [1.82, 2.24) is 0 Å². The summed E-state index contributed by atoms with van der Waals surface area (Å²) in [6.07, 6.45) is 3.11. The molecule has 14 heavy (non-hydrogen) atoms. The Balaban J connectivity index is 3.07. The number of hydrogen-bond donors (Lipinski definition) is 1. The maximum absolute atomic E-state index is 11.0. The lowest BCUT2D eigenvalue weighted by Gasteiger charge is -2.04. The number of rotatable bonds is 9. The van der Waals surface area contributed by atoms with Crippen molar-refractivity contribution in [3.05, 3.63) is 0 Å². The van der Waals surface area contributed by atoms with Gasteiger partial charge in [-0.05, 0) is 31.9 Å². The van der Waals surface area contributed by atoms with E-state index in [0.717, 1.165) is 38.2 Å². The number of ether oxygens (including phenoxy) is 2. The largest absolute Gasteiger partial charge is 0.466 e. The van der Waals surface area contributed by atoms with Gasteiger partial charge < -0.3 is 9.47 Å². The summed E-state index contributed by atoms with van der Waals surface area (Å²) in [5, 5.41) is 0. The van der Waals surface area contributed by atoms with E-state index < -0.39 is 0 Å². The minimum atomic E-state index is -0.115. The molecule has 0 aromatic heterocycles. The van der Waals surface area contributed by atoms with Crippen LogP contribution in [0, 0.1) is 0 Å². The molecule has 0 aliphatic rings. The van der Waals surface area contributed by atoms with Crippen molar-refractivity contribution in [1.29, 1.82) is 0 Å². The maximum atomic E-state index is 11.0. The van der Waals surface area contributed by atoms with Crippen LogP contribution in [-0.2, 0) is 14.3 Å². The lowest BCUT2D eigenvalue weighted by Crippen LogP contribution is -2.06. The van der Waals surface area contributed by atoms with Crippen molar-refractivity contribution < 1.29 is 14.3 Å². The van der Waals surface area contributed by atoms with Crippen molar-refractivity contribution in [2.24, 2.45) is 0 Å². The van der Waals surface area contributed by atoms with Crippen LogP contribution in [-0.4, -0.2) is 31.5 Å². The molecule has 0 N–H and O–H groups in total. The third-order valence-electron chi connectivity index (χ3n) is 1.69. The van der Waals surface area contributed by atoms with E-state index in [2.05, 4.69) is 12.6 Å². The van der Waals surface area contributed by atoms with Gasteiger partial charge in [-0.2, -0.15) is 12.6 Å². The van der Waals surface area contributed by atoms with Crippen LogP contribution in [0.3, 0.4) is 0 Å². The van der Waals surface area contributed by atoms with Gasteiger partial charge in [0.1, 0.15) is 0 Å². The number of carbonyl (C=O) groups excluding carboxylic acids is 1. The SMILES string of the molecule is CCOCCCCOC(=O)CCCS. The van der Waals surface area contributed by atoms with Gasteiger partial charge >= 0.3 is 5.97 Å². The van der Waals surface area contributed by atoms with E-state index >= 15 is 0 Å². The van der Waals surface area contributed by atoms with Crippen LogP contribution in [0.2, 0.25) is 0 Å². The van der Waals surface area contributed by atoms with Gasteiger partial charge in [-0.1, -0.05) is 0 Å². The molecule has 0 bridgehead atoms. The van der Waals surface area contributed by atoms with Gasteiger partial charge in [0, 0.05) is 19.6 Å². The van der Waals surface area contributed by atoms with Gasteiger partial charge in [-0.3, -0.25) is 4.79 Å². The summed E-state index contributed by atoms with van der Waals surface area (Å²) in [5.74, 6) is 0.620. The topological polar surface area (TPSA) is 35.5 Å². The second kappa shape index (κ2) is 10.9. The molecule has 0 saturated carbocycles. The Hall–Kier alpha value is -0.220. The summed E-state index contributed by atoms with van der Waals surface area (Å²) in [7, 11) is 0. The first-order valence-corrected chi connectivity index (χ1v) is 5.78. The number of thiol groups is 1. The van der Waals surface area contributed by atoms with E-state index in [1.165, 1.54) is 0 Å². The number of carbonyl (C=O) groups is 1. The Morgan fingerprint density at radius 1 is 1.21 bits per heavy atom. The third kappa shape index (κ3) is 9.86. The summed E-state index contributed by atoms with van der Waals surface area (Å²) in [5.41, 5.74) is 0. The molecule has 0 rings (SSSR count). The van der Waals surface area contributed by atoms with Gasteiger partial charge in [-0.15, -0.1) is 0 Å². The van der Waals surface area contributed by atoms with Gasteiger partial charge in [0.2, 0.25) is 0 Å². The average molecular weight is 220 g/mol. The fourth-order valence-corrected chi connectivity index (χ4v) is 1.09. The fraction of sp³-hybridized carbons (Fsp3) is 0.900. The second-order valence-corrected chi connectivity index (χ2v) is 3.40. The molecular weight excluding hydrogens is 200 g/mol. The van der Waals surface area contributed by atoms with Crippen LogP contribution >= 0.6 is 12.6 Å². The molecule has 4 heteroatoms. The van der Waals surface area contributed by atoms with Crippen LogP contribution in [0.1, 0.15) is 32.6 Å². The van der Waals surface area contributed by atoms with Crippen LogP contribution in [0.5, 0.6) is 0 Å². The minimum absolute atomic E-state index is 0.115. The lowest BCUT2D eigenvalue weighted by molar-refractivity contribution is -0.143. The highest BCUT2D eigenvalue weighted by atomic mass is 32.1. The first kappa shape index (κ1) is 13.8. The highest BCUT2D eigenvalue weighted by Crippen LogP contribution is 1.97. The Morgan fingerprint density at radius 2 is 1.93 bits per heavy atom. The highest BCUT2D eigenvalue weighted by molar-refractivity contribution is 7.80. The van der Waals surface area contributed by atoms with Crippen LogP contribution < -0.4 is 0 Å². The minimum Gasteiger partial charge on any atom is -0.466 e. The summed E-state index contributed by atoms with van der Waals surface area (Å²) in [6.45, 7) is 3.99. The maximum Gasteiger partial charge on any atom is 0.305 e. The molecule has 0 aromatic carbocycles. The van der Waals surface area contributed by atoms with Gasteiger partial charge in [0.25, 0.3) is 0 Å². The molecule has 0 radical (unpaired) electrons. The molecule has 3 nitrogen and oxygen atoms in total. The molecule has 0 aliphatic carbocycles. The molecule has 0 fully saturated rings. The summed E-state index contributed by atoms with van der Waals surface area (Å²) < 4.78 is 10.2. The Labute approximate surface area is 91.6 Å². The first-order valence-electron chi connectivity index (χ1n) is 5.15. The summed E-state index contributed by atoms with van der Waals surface area (Å²) in [4.78, 5) is 11.0. The molecule has 0 spiro atoms. The Morgan fingerprint density at radius 3 is 2.57 bits per heavy atom. The van der Waals surface area contributed by atoms with E-state index in [0.29, 0.717) is 13.0 Å². The van der Waals surface area contributed by atoms with E-state index in [1.807, 2.05) is 6.92 Å². The number of unbranched alkanes of at least 4 members (excludes halogenated alkanes) is 1. The fourth-order valence-electron chi connectivity index (χ4n) is 0.932. The standard InChI is InChI=1S/C10H20O3S/c1-2-12-7-3-4-8-13-10(11)6-5-9-14/h14H,2-9H2,1H3. The van der Waals surface area contributed by atoms with Crippen molar-refractivity contribution in [2.45, 2.75) is 32.6 Å². The zero-order valence-corrected chi connectivity index (χ0v) is 9.72. The molecule has 0 aliphatic heterocycles. The molecule has 0 heterocycles. The number of esters is 1. The molecule has 0 atom stereocenters. The average Bonchev–Trinajstić information content (AvgIpc) is 2.20. The predicted octanol–water partition coefficient (Wildman–Crippen LogP) is 2.06. The quantitative estimate of drug-likeness (QED) is 0.367. The van der Waals surface area contributed by atoms with E-state index in [1.54, 1.807) is 0 Å². The lowest BCUT2D eigenvalue weighted by atomic mass is 10.3. The Kier molecular flexibility index (Phi) is 10.7. The summed E-state index contributed by atoms with van der Waals surface area (Å²) in [6, 6.07) is 0. The molecule has 0 saturated heterocycles. The normalized spacial score (nSPS) is 10.1. The van der Waals surface area contributed by atoms with Crippen molar-refractivity contribution >= 4 is 18.6 Å². The monoisotopic (exact) mass is 220 g/mol. The highest BCUT2D eigenvalue weighted by Gasteiger charge is 2.00. The zero-order valence-electron chi connectivity index (χ0n) is 8.83. The summed E-state index contributed by atoms with van der Waals surface area (Å²) >= 11 is 4.02.